The van der Waals surface area contributed by atoms with Gasteiger partial charge in [0, 0.05) is 17.0 Å². The molecule has 2 rings (SSSR count). The van der Waals surface area contributed by atoms with Gasteiger partial charge < -0.3 is 19.9 Å². The van der Waals surface area contributed by atoms with Crippen molar-refractivity contribution in [1.82, 2.24) is 5.32 Å². The highest BCUT2D eigenvalue weighted by molar-refractivity contribution is 8.00. The highest BCUT2D eigenvalue weighted by Gasteiger charge is 2.18. The van der Waals surface area contributed by atoms with Crippen LogP contribution in [0, 0.1) is 0 Å². The molecule has 2 aromatic rings. The molecule has 0 heterocycles. The molecule has 2 N–H and O–H groups in total. The van der Waals surface area contributed by atoms with Crippen LogP contribution in [-0.2, 0) is 11.3 Å². The van der Waals surface area contributed by atoms with Crippen molar-refractivity contribution in [3.05, 3.63) is 53.6 Å². The average molecular weight is 375 g/mol. The fourth-order valence-electron chi connectivity index (χ4n) is 2.29. The first kappa shape index (κ1) is 19.7. The van der Waals surface area contributed by atoms with Crippen LogP contribution in [0.25, 0.3) is 0 Å². The Labute approximate surface area is 156 Å². The van der Waals surface area contributed by atoms with Crippen LogP contribution in [-0.4, -0.2) is 36.5 Å². The Bertz CT molecular complexity index is 793. The van der Waals surface area contributed by atoms with Gasteiger partial charge in [0.25, 0.3) is 5.91 Å². The molecule has 26 heavy (non-hydrogen) atoms. The summed E-state index contributed by atoms with van der Waals surface area (Å²) in [6.07, 6.45) is 0. The zero-order chi connectivity index (χ0) is 19.1. The second kappa shape index (κ2) is 9.15. The van der Waals surface area contributed by atoms with Gasteiger partial charge in [-0.2, -0.15) is 0 Å². The van der Waals surface area contributed by atoms with Gasteiger partial charge in [-0.05, 0) is 37.3 Å². The van der Waals surface area contributed by atoms with Crippen molar-refractivity contribution in [2.45, 2.75) is 23.6 Å². The third kappa shape index (κ3) is 4.92. The number of hydrogen-bond acceptors (Lipinski definition) is 5. The van der Waals surface area contributed by atoms with Gasteiger partial charge in [-0.3, -0.25) is 9.59 Å². The number of rotatable bonds is 8. The predicted octanol–water partition coefficient (Wildman–Crippen LogP) is 3.20. The van der Waals surface area contributed by atoms with Crippen molar-refractivity contribution in [2.75, 3.05) is 14.2 Å². The second-order valence-corrected chi connectivity index (χ2v) is 6.84. The van der Waals surface area contributed by atoms with E-state index in [4.69, 9.17) is 14.6 Å². The molecule has 138 valence electrons. The zero-order valence-corrected chi connectivity index (χ0v) is 15.6. The molecule has 0 aliphatic carbocycles. The molecule has 0 saturated heterocycles. The molecule has 1 atom stereocenters. The summed E-state index contributed by atoms with van der Waals surface area (Å²) in [4.78, 5) is 24.3. The monoisotopic (exact) mass is 375 g/mol. The summed E-state index contributed by atoms with van der Waals surface area (Å²) >= 11 is 1.14. The van der Waals surface area contributed by atoms with Gasteiger partial charge in [-0.25, -0.2) is 0 Å². The number of methoxy groups -OCH3 is 2. The first-order valence-corrected chi connectivity index (χ1v) is 8.81. The molecular weight excluding hydrogens is 354 g/mol. The molecule has 6 nitrogen and oxygen atoms in total. The van der Waals surface area contributed by atoms with E-state index < -0.39 is 11.2 Å². The number of carboxylic acids is 1. The van der Waals surface area contributed by atoms with E-state index in [1.165, 1.54) is 0 Å². The number of carbonyl (C=O) groups excluding carboxylic acids is 1. The fraction of sp³-hybridized carbons (Fsp3) is 0.263. The third-order valence-corrected chi connectivity index (χ3v) is 4.88. The molecule has 2 aromatic carbocycles. The lowest BCUT2D eigenvalue weighted by Crippen LogP contribution is -2.24. The van der Waals surface area contributed by atoms with Crippen LogP contribution in [0.15, 0.2) is 47.4 Å². The fourth-order valence-corrected chi connectivity index (χ4v) is 3.22. The number of carboxylic acid groups (broad SMARTS) is 1. The smallest absolute Gasteiger partial charge is 0.316 e. The maximum absolute atomic E-state index is 12.6. The van der Waals surface area contributed by atoms with Crippen LogP contribution in [0.1, 0.15) is 22.8 Å². The lowest BCUT2D eigenvalue weighted by atomic mass is 10.1. The standard InChI is InChI=1S/C19H21NO5S/c1-12(19(22)23)26-17-7-5-4-6-15(17)18(21)20-11-13-10-14(24-2)8-9-16(13)25-3/h4-10,12H,11H2,1-3H3,(H,20,21)(H,22,23). The van der Waals surface area contributed by atoms with Crippen molar-refractivity contribution in [3.63, 3.8) is 0 Å². The molecule has 0 aliphatic heterocycles. The molecule has 0 radical (unpaired) electrons. The van der Waals surface area contributed by atoms with Gasteiger partial charge in [0.15, 0.2) is 0 Å². The summed E-state index contributed by atoms with van der Waals surface area (Å²) in [6.45, 7) is 1.84. The van der Waals surface area contributed by atoms with Crippen LogP contribution in [0.3, 0.4) is 0 Å². The predicted molar refractivity (Wildman–Crippen MR) is 100 cm³/mol. The maximum Gasteiger partial charge on any atom is 0.316 e. The van der Waals surface area contributed by atoms with E-state index in [9.17, 15) is 9.59 Å². The molecule has 0 aromatic heterocycles. The Hall–Kier alpha value is -2.67. The van der Waals surface area contributed by atoms with E-state index >= 15 is 0 Å². The van der Waals surface area contributed by atoms with Crippen molar-refractivity contribution in [3.8, 4) is 11.5 Å². The number of thioether (sulfide) groups is 1. The molecular formula is C19H21NO5S. The minimum atomic E-state index is -0.925. The SMILES string of the molecule is COc1ccc(OC)c(CNC(=O)c2ccccc2SC(C)C(=O)O)c1. The van der Waals surface area contributed by atoms with Gasteiger partial charge in [0.2, 0.25) is 0 Å². The number of amides is 1. The lowest BCUT2D eigenvalue weighted by molar-refractivity contribution is -0.136. The van der Waals surface area contributed by atoms with Crippen molar-refractivity contribution < 1.29 is 24.2 Å². The number of ether oxygens (including phenoxy) is 2. The van der Waals surface area contributed by atoms with Gasteiger partial charge >= 0.3 is 5.97 Å². The summed E-state index contributed by atoms with van der Waals surface area (Å²) in [5, 5.41) is 11.3. The van der Waals surface area contributed by atoms with E-state index in [1.54, 1.807) is 63.6 Å². The van der Waals surface area contributed by atoms with Gasteiger partial charge in [-0.15, -0.1) is 11.8 Å². The molecule has 0 spiro atoms. The lowest BCUT2D eigenvalue weighted by Gasteiger charge is -2.14. The molecule has 0 saturated carbocycles. The Morgan fingerprint density at radius 1 is 1.15 bits per heavy atom. The Morgan fingerprint density at radius 2 is 1.88 bits per heavy atom. The van der Waals surface area contributed by atoms with Gasteiger partial charge in [-0.1, -0.05) is 12.1 Å². The average Bonchev–Trinajstić information content (AvgIpc) is 2.66. The van der Waals surface area contributed by atoms with E-state index in [2.05, 4.69) is 5.32 Å². The van der Waals surface area contributed by atoms with Gasteiger partial charge in [0.1, 0.15) is 16.7 Å². The number of hydrogen-bond donors (Lipinski definition) is 2. The highest BCUT2D eigenvalue weighted by atomic mass is 32.2. The van der Waals surface area contributed by atoms with Crippen LogP contribution >= 0.6 is 11.8 Å². The molecule has 0 fully saturated rings. The second-order valence-electron chi connectivity index (χ2n) is 5.45. The largest absolute Gasteiger partial charge is 0.497 e. The van der Waals surface area contributed by atoms with E-state index in [1.807, 2.05) is 0 Å². The molecule has 1 amide bonds. The Kier molecular flexibility index (Phi) is 6.91. The topological polar surface area (TPSA) is 84.9 Å². The van der Waals surface area contributed by atoms with E-state index in [0.717, 1.165) is 17.3 Å². The van der Waals surface area contributed by atoms with Crippen LogP contribution in [0.2, 0.25) is 0 Å². The summed E-state index contributed by atoms with van der Waals surface area (Å²) in [6, 6.07) is 12.3. The molecule has 7 heteroatoms. The summed E-state index contributed by atoms with van der Waals surface area (Å²) < 4.78 is 10.5. The zero-order valence-electron chi connectivity index (χ0n) is 14.8. The van der Waals surface area contributed by atoms with Crippen molar-refractivity contribution in [1.29, 1.82) is 0 Å². The number of nitrogens with one attached hydrogen (secondary N) is 1. The number of benzene rings is 2. The van der Waals surface area contributed by atoms with E-state index in [0.29, 0.717) is 22.0 Å². The minimum Gasteiger partial charge on any atom is -0.497 e. The highest BCUT2D eigenvalue weighted by Crippen LogP contribution is 2.28. The molecule has 0 aliphatic rings. The normalized spacial score (nSPS) is 11.5. The van der Waals surface area contributed by atoms with Gasteiger partial charge in [0.05, 0.1) is 19.8 Å². The summed E-state index contributed by atoms with van der Waals surface area (Å²) in [5.74, 6) is 0.108. The quantitative estimate of drug-likeness (QED) is 0.689. The number of carbonyl (C=O) groups is 2. The summed E-state index contributed by atoms with van der Waals surface area (Å²) in [5.41, 5.74) is 1.22. The Morgan fingerprint density at radius 3 is 2.54 bits per heavy atom. The van der Waals surface area contributed by atoms with Crippen molar-refractivity contribution in [2.24, 2.45) is 0 Å². The van der Waals surface area contributed by atoms with Crippen LogP contribution in [0.4, 0.5) is 0 Å². The molecule has 1 unspecified atom stereocenters. The maximum atomic E-state index is 12.6. The Balaban J connectivity index is 2.15. The first-order chi connectivity index (χ1) is 12.5. The molecule has 0 bridgehead atoms. The van der Waals surface area contributed by atoms with Crippen molar-refractivity contribution >= 4 is 23.6 Å². The number of aliphatic carboxylic acids is 1. The van der Waals surface area contributed by atoms with E-state index in [-0.39, 0.29) is 12.5 Å². The van der Waals surface area contributed by atoms with Crippen LogP contribution in [0.5, 0.6) is 11.5 Å². The van der Waals surface area contributed by atoms with Crippen LogP contribution < -0.4 is 14.8 Å². The first-order valence-electron chi connectivity index (χ1n) is 7.93. The summed E-state index contributed by atoms with van der Waals surface area (Å²) in [7, 11) is 3.13. The minimum absolute atomic E-state index is 0.257. The third-order valence-electron chi connectivity index (χ3n) is 3.71.